The molecule has 1 unspecified atom stereocenters. The molecule has 64 valence electrons. The van der Waals surface area contributed by atoms with Crippen molar-refractivity contribution in [3.63, 3.8) is 0 Å². The summed E-state index contributed by atoms with van der Waals surface area (Å²) in [7, 11) is 0. The fourth-order valence-corrected chi connectivity index (χ4v) is 0.861. The van der Waals surface area contributed by atoms with Gasteiger partial charge in [0.2, 0.25) is 0 Å². The largest absolute Gasteiger partial charge is 0.446 e. The van der Waals surface area contributed by atoms with Gasteiger partial charge in [-0.05, 0) is 35.0 Å². The SMILES string of the molecule is CC(Br)OC(=O)c1ccccn1. The maximum Gasteiger partial charge on any atom is 0.358 e. The Morgan fingerprint density at radius 1 is 1.67 bits per heavy atom. The number of halogens is 1. The standard InChI is InChI=1S/C8H8BrNO2/c1-6(9)12-8(11)7-4-2-3-5-10-7/h2-6H,1H3. The van der Waals surface area contributed by atoms with E-state index >= 15 is 0 Å². The maximum absolute atomic E-state index is 11.1. The second-order valence-corrected chi connectivity index (χ2v) is 3.45. The van der Waals surface area contributed by atoms with E-state index in [0.29, 0.717) is 5.69 Å². The Hall–Kier alpha value is -0.900. The lowest BCUT2D eigenvalue weighted by Gasteiger charge is -2.04. The molecule has 0 saturated carbocycles. The highest BCUT2D eigenvalue weighted by molar-refractivity contribution is 9.09. The van der Waals surface area contributed by atoms with E-state index in [0.717, 1.165) is 0 Å². The lowest BCUT2D eigenvalue weighted by Crippen LogP contribution is -2.10. The number of hydrogen-bond donors (Lipinski definition) is 0. The number of carbonyl (C=O) groups excluding carboxylic acids is 1. The van der Waals surface area contributed by atoms with Crippen molar-refractivity contribution < 1.29 is 9.53 Å². The van der Waals surface area contributed by atoms with Gasteiger partial charge in [0.15, 0.2) is 5.01 Å². The minimum atomic E-state index is -0.417. The average molecular weight is 230 g/mol. The first-order valence-corrected chi connectivity index (χ1v) is 4.38. The molecule has 1 aromatic heterocycles. The van der Waals surface area contributed by atoms with Gasteiger partial charge in [0, 0.05) is 6.20 Å². The molecule has 1 heterocycles. The highest BCUT2D eigenvalue weighted by Gasteiger charge is 2.09. The topological polar surface area (TPSA) is 39.2 Å². The molecule has 0 aromatic carbocycles. The second-order valence-electron chi connectivity index (χ2n) is 2.16. The summed E-state index contributed by atoms with van der Waals surface area (Å²) >= 11 is 3.10. The van der Waals surface area contributed by atoms with Gasteiger partial charge in [0.25, 0.3) is 0 Å². The molecule has 0 aliphatic rings. The Bertz CT molecular complexity index is 261. The molecular formula is C8H8BrNO2. The third kappa shape index (κ3) is 2.62. The van der Waals surface area contributed by atoms with Crippen molar-refractivity contribution in [2.45, 2.75) is 11.9 Å². The van der Waals surface area contributed by atoms with E-state index in [2.05, 4.69) is 20.9 Å². The first-order chi connectivity index (χ1) is 5.70. The molecule has 1 aromatic rings. The van der Waals surface area contributed by atoms with Gasteiger partial charge in [0.1, 0.15) is 5.69 Å². The second kappa shape index (κ2) is 4.21. The summed E-state index contributed by atoms with van der Waals surface area (Å²) in [4.78, 5) is 15.0. The van der Waals surface area contributed by atoms with Crippen molar-refractivity contribution in [2.75, 3.05) is 0 Å². The molecule has 12 heavy (non-hydrogen) atoms. The molecule has 0 amide bonds. The van der Waals surface area contributed by atoms with Crippen molar-refractivity contribution >= 4 is 21.9 Å². The molecule has 4 heteroatoms. The number of rotatable bonds is 2. The van der Waals surface area contributed by atoms with E-state index in [9.17, 15) is 4.79 Å². The number of ether oxygens (including phenoxy) is 1. The van der Waals surface area contributed by atoms with Gasteiger partial charge in [-0.3, -0.25) is 0 Å². The minimum absolute atomic E-state index is 0.285. The zero-order chi connectivity index (χ0) is 8.97. The van der Waals surface area contributed by atoms with Crippen LogP contribution in [0.1, 0.15) is 17.4 Å². The van der Waals surface area contributed by atoms with Gasteiger partial charge in [-0.25, -0.2) is 9.78 Å². The van der Waals surface area contributed by atoms with E-state index in [1.165, 1.54) is 0 Å². The molecular weight excluding hydrogens is 222 g/mol. The summed E-state index contributed by atoms with van der Waals surface area (Å²) in [5.41, 5.74) is 0.323. The third-order valence-corrected chi connectivity index (χ3v) is 1.33. The van der Waals surface area contributed by atoms with Crippen LogP contribution in [0, 0.1) is 0 Å². The Labute approximate surface area is 78.9 Å². The molecule has 1 atom stereocenters. The van der Waals surface area contributed by atoms with Crippen LogP contribution in [0.3, 0.4) is 0 Å². The third-order valence-electron chi connectivity index (χ3n) is 1.14. The van der Waals surface area contributed by atoms with Crippen LogP contribution in [0.4, 0.5) is 0 Å². The molecule has 0 spiro atoms. The van der Waals surface area contributed by atoms with E-state index in [-0.39, 0.29) is 5.01 Å². The molecule has 1 rings (SSSR count). The molecule has 0 radical (unpaired) electrons. The fraction of sp³-hybridized carbons (Fsp3) is 0.250. The summed E-state index contributed by atoms with van der Waals surface area (Å²) in [6, 6.07) is 5.09. The zero-order valence-corrected chi connectivity index (χ0v) is 8.11. The monoisotopic (exact) mass is 229 g/mol. The number of pyridine rings is 1. The van der Waals surface area contributed by atoms with Crippen LogP contribution in [-0.2, 0) is 4.74 Å². The van der Waals surface area contributed by atoms with Crippen LogP contribution < -0.4 is 0 Å². The predicted octanol–water partition coefficient (Wildman–Crippen LogP) is 1.98. The number of nitrogens with zero attached hydrogens (tertiary/aromatic N) is 1. The van der Waals surface area contributed by atoms with Crippen LogP contribution in [0.2, 0.25) is 0 Å². The summed E-state index contributed by atoms with van der Waals surface area (Å²) in [6.07, 6.45) is 1.55. The van der Waals surface area contributed by atoms with Gasteiger partial charge in [-0.1, -0.05) is 6.07 Å². The fourth-order valence-electron chi connectivity index (χ4n) is 0.691. The van der Waals surface area contributed by atoms with Crippen molar-refractivity contribution in [2.24, 2.45) is 0 Å². The van der Waals surface area contributed by atoms with E-state index in [1.54, 1.807) is 31.3 Å². The van der Waals surface area contributed by atoms with Crippen molar-refractivity contribution in [1.29, 1.82) is 0 Å². The van der Waals surface area contributed by atoms with Crippen LogP contribution in [0.5, 0.6) is 0 Å². The lowest BCUT2D eigenvalue weighted by atomic mass is 10.4. The summed E-state index contributed by atoms with van der Waals surface area (Å²) in [5, 5.41) is -0.285. The summed E-state index contributed by atoms with van der Waals surface area (Å²) < 4.78 is 4.85. The molecule has 0 fully saturated rings. The Morgan fingerprint density at radius 2 is 2.42 bits per heavy atom. The maximum atomic E-state index is 11.1. The van der Waals surface area contributed by atoms with Gasteiger partial charge in [0.05, 0.1) is 0 Å². The van der Waals surface area contributed by atoms with E-state index < -0.39 is 5.97 Å². The van der Waals surface area contributed by atoms with Crippen LogP contribution in [-0.4, -0.2) is 16.0 Å². The Balaban J connectivity index is 2.66. The average Bonchev–Trinajstić information content (AvgIpc) is 2.05. The normalized spacial score (nSPS) is 12.2. The number of alkyl halides is 1. The number of carbonyl (C=O) groups is 1. The van der Waals surface area contributed by atoms with Gasteiger partial charge in [-0.2, -0.15) is 0 Å². The van der Waals surface area contributed by atoms with E-state index in [1.807, 2.05) is 0 Å². The number of hydrogen-bond acceptors (Lipinski definition) is 3. The van der Waals surface area contributed by atoms with Crippen LogP contribution in [0.15, 0.2) is 24.4 Å². The van der Waals surface area contributed by atoms with Gasteiger partial charge < -0.3 is 4.74 Å². The van der Waals surface area contributed by atoms with Gasteiger partial charge >= 0.3 is 5.97 Å². The quantitative estimate of drug-likeness (QED) is 0.576. The molecule has 0 N–H and O–H groups in total. The van der Waals surface area contributed by atoms with Crippen LogP contribution in [0.25, 0.3) is 0 Å². The van der Waals surface area contributed by atoms with Crippen molar-refractivity contribution in [3.05, 3.63) is 30.1 Å². The number of aromatic nitrogens is 1. The molecule has 0 aliphatic heterocycles. The minimum Gasteiger partial charge on any atom is -0.446 e. The molecule has 3 nitrogen and oxygen atoms in total. The van der Waals surface area contributed by atoms with Gasteiger partial charge in [-0.15, -0.1) is 0 Å². The van der Waals surface area contributed by atoms with E-state index in [4.69, 9.17) is 4.74 Å². The number of esters is 1. The lowest BCUT2D eigenvalue weighted by molar-refractivity contribution is 0.0483. The highest BCUT2D eigenvalue weighted by atomic mass is 79.9. The molecule has 0 saturated heterocycles. The highest BCUT2D eigenvalue weighted by Crippen LogP contribution is 2.04. The van der Waals surface area contributed by atoms with Crippen molar-refractivity contribution in [3.8, 4) is 0 Å². The first kappa shape index (κ1) is 9.19. The first-order valence-electron chi connectivity index (χ1n) is 3.46. The van der Waals surface area contributed by atoms with Crippen LogP contribution >= 0.6 is 15.9 Å². The Kier molecular flexibility index (Phi) is 3.22. The summed E-state index contributed by atoms with van der Waals surface area (Å²) in [6.45, 7) is 1.72. The zero-order valence-electron chi connectivity index (χ0n) is 6.53. The summed E-state index contributed by atoms with van der Waals surface area (Å²) in [5.74, 6) is -0.417. The molecule has 0 aliphatic carbocycles. The predicted molar refractivity (Wildman–Crippen MR) is 48.0 cm³/mol. The molecule has 0 bridgehead atoms. The van der Waals surface area contributed by atoms with Crippen molar-refractivity contribution in [1.82, 2.24) is 4.98 Å². The Morgan fingerprint density at radius 3 is 2.92 bits per heavy atom. The smallest absolute Gasteiger partial charge is 0.358 e.